The summed E-state index contributed by atoms with van der Waals surface area (Å²) in [5, 5.41) is 3.07. The molecule has 0 amide bonds. The molecule has 0 unspecified atom stereocenters. The molecule has 1 aromatic carbocycles. The molecule has 1 heterocycles. The molecule has 2 nitrogen and oxygen atoms in total. The lowest BCUT2D eigenvalue weighted by molar-refractivity contribution is 0.376. The topological polar surface area (TPSA) is 21.3 Å². The molecule has 2 rings (SSSR count). The molecule has 1 atom stereocenters. The van der Waals surface area contributed by atoms with Gasteiger partial charge in [0.05, 0.1) is 7.11 Å². The van der Waals surface area contributed by atoms with Crippen molar-refractivity contribution >= 4 is 0 Å². The Hall–Kier alpha value is -1.16. The van der Waals surface area contributed by atoms with Crippen molar-refractivity contribution in [3.8, 4) is 5.75 Å². The van der Waals surface area contributed by atoms with Crippen molar-refractivity contribution in [1.29, 1.82) is 0 Å². The van der Waals surface area contributed by atoms with Gasteiger partial charge in [0.15, 0.2) is 11.6 Å². The molecule has 1 aliphatic rings. The quantitative estimate of drug-likeness (QED) is 0.814. The van der Waals surface area contributed by atoms with Crippen LogP contribution >= 0.6 is 0 Å². The number of hydrogen-bond acceptors (Lipinski definition) is 2. The highest BCUT2D eigenvalue weighted by Gasteiger charge is 2.25. The van der Waals surface area contributed by atoms with E-state index in [1.54, 1.807) is 0 Å². The fourth-order valence-corrected chi connectivity index (χ4v) is 1.96. The molecule has 0 spiro atoms. The molecular formula is C11H13F2NO. The minimum Gasteiger partial charge on any atom is -0.494 e. The highest BCUT2D eigenvalue weighted by atomic mass is 19.1. The average molecular weight is 213 g/mol. The first-order valence-electron chi connectivity index (χ1n) is 4.99. The van der Waals surface area contributed by atoms with Crippen molar-refractivity contribution < 1.29 is 13.5 Å². The molecule has 1 N–H and O–H groups in total. The Morgan fingerprint density at radius 2 is 2.20 bits per heavy atom. The average Bonchev–Trinajstić information content (AvgIpc) is 2.71. The van der Waals surface area contributed by atoms with E-state index in [1.165, 1.54) is 19.2 Å². The van der Waals surface area contributed by atoms with Crippen molar-refractivity contribution in [2.75, 3.05) is 13.7 Å². The van der Waals surface area contributed by atoms with E-state index in [-0.39, 0.29) is 17.4 Å². The summed E-state index contributed by atoms with van der Waals surface area (Å²) in [6, 6.07) is 2.33. The van der Waals surface area contributed by atoms with E-state index in [0.717, 1.165) is 19.4 Å². The van der Waals surface area contributed by atoms with E-state index < -0.39 is 11.6 Å². The smallest absolute Gasteiger partial charge is 0.172 e. The number of rotatable bonds is 2. The van der Waals surface area contributed by atoms with Gasteiger partial charge < -0.3 is 10.1 Å². The Morgan fingerprint density at radius 3 is 2.80 bits per heavy atom. The van der Waals surface area contributed by atoms with Crippen LogP contribution in [0.4, 0.5) is 8.78 Å². The van der Waals surface area contributed by atoms with E-state index in [0.29, 0.717) is 0 Å². The minimum atomic E-state index is -0.586. The molecule has 0 aromatic heterocycles. The normalized spacial score (nSPS) is 20.6. The Balaban J connectivity index is 2.43. The molecule has 1 saturated heterocycles. The highest BCUT2D eigenvalue weighted by molar-refractivity contribution is 5.34. The highest BCUT2D eigenvalue weighted by Crippen LogP contribution is 2.31. The van der Waals surface area contributed by atoms with Gasteiger partial charge in [-0.3, -0.25) is 0 Å². The van der Waals surface area contributed by atoms with Gasteiger partial charge >= 0.3 is 0 Å². The second-order valence-corrected chi connectivity index (χ2v) is 3.63. The van der Waals surface area contributed by atoms with Crippen LogP contribution in [-0.2, 0) is 0 Å². The van der Waals surface area contributed by atoms with E-state index in [2.05, 4.69) is 5.32 Å². The van der Waals surface area contributed by atoms with Crippen LogP contribution in [0, 0.1) is 11.6 Å². The van der Waals surface area contributed by atoms with Gasteiger partial charge in [-0.05, 0) is 31.5 Å². The Bertz CT molecular complexity index is 362. The van der Waals surface area contributed by atoms with Gasteiger partial charge in [0, 0.05) is 11.6 Å². The first kappa shape index (κ1) is 10.4. The standard InChI is InChI=1S/C11H13F2NO/c1-15-9-5-4-7(12)10(11(9)13)8-3-2-6-14-8/h4-5,8,14H,2-3,6H2,1H3/t8-/m0/s1. The van der Waals surface area contributed by atoms with Gasteiger partial charge in [-0.1, -0.05) is 0 Å². The number of hydrogen-bond donors (Lipinski definition) is 1. The van der Waals surface area contributed by atoms with Crippen LogP contribution < -0.4 is 10.1 Å². The lowest BCUT2D eigenvalue weighted by atomic mass is 10.0. The fraction of sp³-hybridized carbons (Fsp3) is 0.455. The second kappa shape index (κ2) is 4.14. The molecule has 1 aliphatic heterocycles. The third-order valence-corrected chi connectivity index (χ3v) is 2.72. The molecule has 1 aromatic rings. The summed E-state index contributed by atoms with van der Waals surface area (Å²) in [6.07, 6.45) is 1.71. The van der Waals surface area contributed by atoms with E-state index in [4.69, 9.17) is 4.74 Å². The van der Waals surface area contributed by atoms with Crippen molar-refractivity contribution in [2.24, 2.45) is 0 Å². The zero-order valence-corrected chi connectivity index (χ0v) is 8.52. The summed E-state index contributed by atoms with van der Waals surface area (Å²) in [7, 11) is 1.38. The summed E-state index contributed by atoms with van der Waals surface area (Å²) in [5.74, 6) is -0.996. The van der Waals surface area contributed by atoms with Crippen LogP contribution in [-0.4, -0.2) is 13.7 Å². The maximum atomic E-state index is 13.8. The molecule has 4 heteroatoms. The Morgan fingerprint density at radius 1 is 1.40 bits per heavy atom. The van der Waals surface area contributed by atoms with Crippen LogP contribution in [0.15, 0.2) is 12.1 Å². The lowest BCUT2D eigenvalue weighted by Gasteiger charge is -2.14. The first-order chi connectivity index (χ1) is 7.24. The predicted octanol–water partition coefficient (Wildman–Crippen LogP) is 2.40. The van der Waals surface area contributed by atoms with Crippen LogP contribution in [0.2, 0.25) is 0 Å². The zero-order valence-electron chi connectivity index (χ0n) is 8.52. The SMILES string of the molecule is COc1ccc(F)c([C@@H]2CCCN2)c1F. The minimum absolute atomic E-state index is 0.0973. The second-order valence-electron chi connectivity index (χ2n) is 3.63. The Labute approximate surface area is 87.2 Å². The summed E-state index contributed by atoms with van der Waals surface area (Å²) in [4.78, 5) is 0. The monoisotopic (exact) mass is 213 g/mol. The maximum Gasteiger partial charge on any atom is 0.172 e. The maximum absolute atomic E-state index is 13.8. The first-order valence-corrected chi connectivity index (χ1v) is 4.99. The van der Waals surface area contributed by atoms with Crippen molar-refractivity contribution in [2.45, 2.75) is 18.9 Å². The number of ether oxygens (including phenoxy) is 1. The van der Waals surface area contributed by atoms with Gasteiger partial charge in [-0.25, -0.2) is 8.78 Å². The fourth-order valence-electron chi connectivity index (χ4n) is 1.96. The molecule has 82 valence electrons. The van der Waals surface area contributed by atoms with Gasteiger partial charge in [0.25, 0.3) is 0 Å². The third-order valence-electron chi connectivity index (χ3n) is 2.72. The molecule has 0 bridgehead atoms. The lowest BCUT2D eigenvalue weighted by Crippen LogP contribution is -2.16. The number of nitrogens with one attached hydrogen (secondary N) is 1. The number of methoxy groups -OCH3 is 1. The summed E-state index contributed by atoms with van der Waals surface area (Å²) in [6.45, 7) is 0.806. The summed E-state index contributed by atoms with van der Waals surface area (Å²) < 4.78 is 32.1. The number of halogens is 2. The van der Waals surface area contributed by atoms with Crippen LogP contribution in [0.25, 0.3) is 0 Å². The third kappa shape index (κ3) is 1.81. The van der Waals surface area contributed by atoms with Crippen molar-refractivity contribution in [3.63, 3.8) is 0 Å². The van der Waals surface area contributed by atoms with Gasteiger partial charge in [-0.2, -0.15) is 0 Å². The largest absolute Gasteiger partial charge is 0.494 e. The number of benzene rings is 1. The molecular weight excluding hydrogens is 200 g/mol. The van der Waals surface area contributed by atoms with Gasteiger partial charge in [0.1, 0.15) is 5.82 Å². The van der Waals surface area contributed by atoms with Crippen molar-refractivity contribution in [1.82, 2.24) is 5.32 Å². The molecule has 0 aliphatic carbocycles. The molecule has 0 radical (unpaired) electrons. The summed E-state index contributed by atoms with van der Waals surface area (Å²) >= 11 is 0. The summed E-state index contributed by atoms with van der Waals surface area (Å²) in [5.41, 5.74) is 0.104. The molecule has 1 fully saturated rings. The zero-order chi connectivity index (χ0) is 10.8. The predicted molar refractivity (Wildman–Crippen MR) is 52.9 cm³/mol. The van der Waals surface area contributed by atoms with E-state index in [1.807, 2.05) is 0 Å². The van der Waals surface area contributed by atoms with Crippen LogP contribution in [0.3, 0.4) is 0 Å². The molecule has 0 saturated carbocycles. The van der Waals surface area contributed by atoms with E-state index >= 15 is 0 Å². The van der Waals surface area contributed by atoms with Gasteiger partial charge in [0.2, 0.25) is 0 Å². The van der Waals surface area contributed by atoms with E-state index in [9.17, 15) is 8.78 Å². The van der Waals surface area contributed by atoms with Crippen LogP contribution in [0.5, 0.6) is 5.75 Å². The Kier molecular flexibility index (Phi) is 2.86. The van der Waals surface area contributed by atoms with Crippen molar-refractivity contribution in [3.05, 3.63) is 29.3 Å². The van der Waals surface area contributed by atoms with Gasteiger partial charge in [-0.15, -0.1) is 0 Å². The van der Waals surface area contributed by atoms with Crippen LogP contribution in [0.1, 0.15) is 24.4 Å². The molecule has 15 heavy (non-hydrogen) atoms.